The number of hydrogen-bond acceptors (Lipinski definition) is 2. The molecule has 0 atom stereocenters. The van der Waals surface area contributed by atoms with E-state index in [0.29, 0.717) is 0 Å². The zero-order valence-corrected chi connectivity index (χ0v) is 15.8. The van der Waals surface area contributed by atoms with Crippen molar-refractivity contribution in [3.05, 3.63) is 24.4 Å². The molecule has 2 fully saturated rings. The fourth-order valence-electron chi connectivity index (χ4n) is 5.00. The van der Waals surface area contributed by atoms with E-state index in [1.54, 1.807) is 0 Å². The summed E-state index contributed by atoms with van der Waals surface area (Å²) in [6.07, 6.45) is 16.3. The van der Waals surface area contributed by atoms with Gasteiger partial charge in [0, 0.05) is 31.2 Å². The molecule has 1 heterocycles. The molecule has 2 aliphatic carbocycles. The van der Waals surface area contributed by atoms with Crippen LogP contribution in [-0.2, 0) is 7.05 Å². The SMILES string of the molecule is Cn1ncc2cc(N(CC3CCCCC3)CC3CCCCC3)ccc21. The van der Waals surface area contributed by atoms with Crippen molar-refractivity contribution >= 4 is 16.6 Å². The minimum atomic E-state index is 0.891. The maximum absolute atomic E-state index is 4.43. The fourth-order valence-corrected chi connectivity index (χ4v) is 5.00. The summed E-state index contributed by atoms with van der Waals surface area (Å²) in [4.78, 5) is 2.72. The summed E-state index contributed by atoms with van der Waals surface area (Å²) >= 11 is 0. The van der Waals surface area contributed by atoms with Crippen LogP contribution in [0.2, 0.25) is 0 Å². The van der Waals surface area contributed by atoms with Gasteiger partial charge in [-0.25, -0.2) is 0 Å². The Hall–Kier alpha value is -1.51. The molecule has 2 saturated carbocycles. The maximum Gasteiger partial charge on any atom is 0.0680 e. The first-order valence-electron chi connectivity index (χ1n) is 10.5. The van der Waals surface area contributed by atoms with E-state index in [0.717, 1.165) is 11.8 Å². The van der Waals surface area contributed by atoms with E-state index in [4.69, 9.17) is 0 Å². The van der Waals surface area contributed by atoms with E-state index in [1.165, 1.54) is 93.9 Å². The average Bonchev–Trinajstić information content (AvgIpc) is 3.03. The third-order valence-corrected chi connectivity index (χ3v) is 6.50. The third-order valence-electron chi connectivity index (χ3n) is 6.50. The van der Waals surface area contributed by atoms with Crippen LogP contribution in [0.25, 0.3) is 10.9 Å². The third kappa shape index (κ3) is 4.02. The van der Waals surface area contributed by atoms with Crippen molar-refractivity contribution < 1.29 is 0 Å². The number of fused-ring (bicyclic) bond motifs is 1. The predicted octanol–water partition coefficient (Wildman–Crippen LogP) is 5.54. The van der Waals surface area contributed by atoms with Gasteiger partial charge in [0.1, 0.15) is 0 Å². The molecule has 0 aliphatic heterocycles. The van der Waals surface area contributed by atoms with Gasteiger partial charge in [-0.15, -0.1) is 0 Å². The van der Waals surface area contributed by atoms with Crippen LogP contribution in [0.3, 0.4) is 0 Å². The summed E-state index contributed by atoms with van der Waals surface area (Å²) in [6.45, 7) is 2.50. The first-order valence-corrected chi connectivity index (χ1v) is 10.5. The Labute approximate surface area is 152 Å². The summed E-state index contributed by atoms with van der Waals surface area (Å²) in [6, 6.07) is 6.95. The van der Waals surface area contributed by atoms with E-state index in [-0.39, 0.29) is 0 Å². The zero-order chi connectivity index (χ0) is 17.1. The van der Waals surface area contributed by atoms with Gasteiger partial charge in [0.2, 0.25) is 0 Å². The van der Waals surface area contributed by atoms with Gasteiger partial charge in [0.05, 0.1) is 11.7 Å². The van der Waals surface area contributed by atoms with E-state index >= 15 is 0 Å². The first-order chi connectivity index (χ1) is 12.3. The Kier molecular flexibility index (Phi) is 5.28. The number of anilines is 1. The molecule has 3 nitrogen and oxygen atoms in total. The van der Waals surface area contributed by atoms with E-state index in [1.807, 2.05) is 17.9 Å². The summed E-state index contributed by atoms with van der Waals surface area (Å²) in [5, 5.41) is 5.70. The molecule has 0 unspecified atom stereocenters. The van der Waals surface area contributed by atoms with Gasteiger partial charge in [-0.3, -0.25) is 4.68 Å². The van der Waals surface area contributed by atoms with E-state index < -0.39 is 0 Å². The van der Waals surface area contributed by atoms with Crippen molar-refractivity contribution in [3.63, 3.8) is 0 Å². The first kappa shape index (κ1) is 16.9. The van der Waals surface area contributed by atoms with Crippen molar-refractivity contribution in [2.24, 2.45) is 18.9 Å². The molecule has 1 aromatic heterocycles. The van der Waals surface area contributed by atoms with Crippen molar-refractivity contribution in [2.75, 3.05) is 18.0 Å². The summed E-state index contributed by atoms with van der Waals surface area (Å²) < 4.78 is 1.98. The van der Waals surface area contributed by atoms with Crippen LogP contribution < -0.4 is 4.90 Å². The lowest BCUT2D eigenvalue weighted by molar-refractivity contribution is 0.327. The highest BCUT2D eigenvalue weighted by molar-refractivity contribution is 5.82. The number of benzene rings is 1. The lowest BCUT2D eigenvalue weighted by Crippen LogP contribution is -2.35. The van der Waals surface area contributed by atoms with Gasteiger partial charge in [-0.1, -0.05) is 38.5 Å². The van der Waals surface area contributed by atoms with Crippen molar-refractivity contribution in [1.29, 1.82) is 0 Å². The molecule has 1 aromatic carbocycles. The van der Waals surface area contributed by atoms with Gasteiger partial charge < -0.3 is 4.90 Å². The molecule has 0 radical (unpaired) electrons. The van der Waals surface area contributed by atoms with Crippen LogP contribution in [0.4, 0.5) is 5.69 Å². The molecule has 2 aliphatic rings. The van der Waals surface area contributed by atoms with Gasteiger partial charge in [-0.2, -0.15) is 5.10 Å². The van der Waals surface area contributed by atoms with Crippen molar-refractivity contribution in [3.8, 4) is 0 Å². The Morgan fingerprint density at radius 3 is 2.12 bits per heavy atom. The monoisotopic (exact) mass is 339 g/mol. The van der Waals surface area contributed by atoms with Gasteiger partial charge >= 0.3 is 0 Å². The average molecular weight is 340 g/mol. The largest absolute Gasteiger partial charge is 0.371 e. The molecular weight excluding hydrogens is 306 g/mol. The highest BCUT2D eigenvalue weighted by atomic mass is 15.2. The van der Waals surface area contributed by atoms with E-state index in [9.17, 15) is 0 Å². The molecule has 0 amide bonds. The molecule has 0 N–H and O–H groups in total. The van der Waals surface area contributed by atoms with Crippen LogP contribution in [0.5, 0.6) is 0 Å². The molecule has 0 saturated heterocycles. The lowest BCUT2D eigenvalue weighted by atomic mass is 9.86. The van der Waals surface area contributed by atoms with Crippen LogP contribution in [0.15, 0.2) is 24.4 Å². The van der Waals surface area contributed by atoms with Crippen molar-refractivity contribution in [1.82, 2.24) is 9.78 Å². The Balaban J connectivity index is 1.55. The molecule has 136 valence electrons. The molecule has 0 spiro atoms. The Bertz CT molecular complexity index is 658. The molecule has 4 rings (SSSR count). The van der Waals surface area contributed by atoms with Gasteiger partial charge in [0.25, 0.3) is 0 Å². The molecular formula is C22H33N3. The minimum absolute atomic E-state index is 0.891. The quantitative estimate of drug-likeness (QED) is 0.713. The number of hydrogen-bond donors (Lipinski definition) is 0. The topological polar surface area (TPSA) is 21.1 Å². The van der Waals surface area contributed by atoms with Crippen LogP contribution >= 0.6 is 0 Å². The van der Waals surface area contributed by atoms with Crippen LogP contribution in [-0.4, -0.2) is 22.9 Å². The fraction of sp³-hybridized carbons (Fsp3) is 0.682. The Morgan fingerprint density at radius 1 is 0.920 bits per heavy atom. The second-order valence-electron chi connectivity index (χ2n) is 8.42. The minimum Gasteiger partial charge on any atom is -0.371 e. The molecule has 0 bridgehead atoms. The normalized spacial score (nSPS) is 20.2. The van der Waals surface area contributed by atoms with Crippen molar-refractivity contribution in [2.45, 2.75) is 64.2 Å². The lowest BCUT2D eigenvalue weighted by Gasteiger charge is -2.35. The number of nitrogens with zero attached hydrogens (tertiary/aromatic N) is 3. The second-order valence-corrected chi connectivity index (χ2v) is 8.42. The molecule has 2 aromatic rings. The summed E-state index contributed by atoms with van der Waals surface area (Å²) in [7, 11) is 2.03. The smallest absolute Gasteiger partial charge is 0.0680 e. The number of aryl methyl sites for hydroxylation is 1. The maximum atomic E-state index is 4.43. The van der Waals surface area contributed by atoms with Crippen LogP contribution in [0, 0.1) is 11.8 Å². The Morgan fingerprint density at radius 2 is 1.52 bits per heavy atom. The van der Waals surface area contributed by atoms with Gasteiger partial charge in [-0.05, 0) is 55.7 Å². The highest BCUT2D eigenvalue weighted by Gasteiger charge is 2.22. The number of rotatable bonds is 5. The second kappa shape index (κ2) is 7.80. The van der Waals surface area contributed by atoms with Gasteiger partial charge in [0.15, 0.2) is 0 Å². The summed E-state index contributed by atoms with van der Waals surface area (Å²) in [5.41, 5.74) is 2.65. The predicted molar refractivity (Wildman–Crippen MR) is 106 cm³/mol. The van der Waals surface area contributed by atoms with Crippen LogP contribution in [0.1, 0.15) is 64.2 Å². The zero-order valence-electron chi connectivity index (χ0n) is 15.8. The molecule has 3 heteroatoms. The standard InChI is InChI=1S/C22H33N3/c1-24-22-13-12-21(14-20(22)15-23-24)25(16-18-8-4-2-5-9-18)17-19-10-6-3-7-11-19/h12-15,18-19H,2-11,16-17H2,1H3. The summed E-state index contributed by atoms with van der Waals surface area (Å²) in [5.74, 6) is 1.78. The van der Waals surface area contributed by atoms with E-state index in [2.05, 4.69) is 28.2 Å². The highest BCUT2D eigenvalue weighted by Crippen LogP contribution is 2.31. The number of aromatic nitrogens is 2. The molecule has 25 heavy (non-hydrogen) atoms.